The number of rotatable bonds is 7. The van der Waals surface area contributed by atoms with E-state index in [1.54, 1.807) is 0 Å². The largest absolute Gasteiger partial charge is 0.485 e. The van der Waals surface area contributed by atoms with E-state index < -0.39 is 18.0 Å². The average Bonchev–Trinajstić information content (AvgIpc) is 2.43. The minimum absolute atomic E-state index is 0.438. The molecule has 0 aromatic carbocycles. The van der Waals surface area contributed by atoms with E-state index >= 15 is 0 Å². The van der Waals surface area contributed by atoms with Gasteiger partial charge in [-0.2, -0.15) is 0 Å². The summed E-state index contributed by atoms with van der Waals surface area (Å²) in [4.78, 5) is 21.8. The maximum Gasteiger partial charge on any atom is 0.384 e. The van der Waals surface area contributed by atoms with Crippen molar-refractivity contribution in [3.8, 4) is 11.8 Å². The number of ether oxygens (including phenoxy) is 3. The number of carbonyl (C=O) groups excluding carboxylic acids is 2. The molecule has 0 aliphatic rings. The molecule has 0 amide bonds. The van der Waals surface area contributed by atoms with E-state index in [1.807, 2.05) is 0 Å². The first kappa shape index (κ1) is 17.0. The Kier molecular flexibility index (Phi) is 10.00. The molecule has 0 saturated heterocycles. The second-order valence-corrected chi connectivity index (χ2v) is 3.71. The zero-order valence-corrected chi connectivity index (χ0v) is 11.6. The van der Waals surface area contributed by atoms with Crippen molar-refractivity contribution < 1.29 is 23.8 Å². The summed E-state index contributed by atoms with van der Waals surface area (Å²) in [5.74, 6) is 3.88. The molecule has 1 atom stereocenters. The van der Waals surface area contributed by atoms with Crippen LogP contribution in [-0.4, -0.2) is 32.3 Å². The SMILES string of the molecule is CCCCCC(C#CC(=O)OC)O/C=C/C(=O)OC. The fourth-order valence-corrected chi connectivity index (χ4v) is 1.20. The predicted octanol–water partition coefficient (Wildman–Crippen LogP) is 1.81. The molecule has 0 rings (SSSR count). The molecule has 1 unspecified atom stereocenters. The summed E-state index contributed by atoms with van der Waals surface area (Å²) in [6.07, 6.45) is 5.70. The van der Waals surface area contributed by atoms with E-state index in [4.69, 9.17) is 4.74 Å². The van der Waals surface area contributed by atoms with Crippen molar-refractivity contribution in [1.82, 2.24) is 0 Å². The normalized spacial score (nSPS) is 11.3. The molecule has 0 radical (unpaired) electrons. The van der Waals surface area contributed by atoms with Gasteiger partial charge >= 0.3 is 11.9 Å². The average molecular weight is 268 g/mol. The second kappa shape index (κ2) is 11.1. The van der Waals surface area contributed by atoms with Crippen molar-refractivity contribution in [2.24, 2.45) is 0 Å². The molecular weight excluding hydrogens is 248 g/mol. The van der Waals surface area contributed by atoms with Crippen LogP contribution in [0.3, 0.4) is 0 Å². The molecule has 0 fully saturated rings. The van der Waals surface area contributed by atoms with Gasteiger partial charge in [0, 0.05) is 5.92 Å². The lowest BCUT2D eigenvalue weighted by atomic mass is 10.1. The molecule has 0 aromatic heterocycles. The maximum atomic E-state index is 10.9. The van der Waals surface area contributed by atoms with E-state index in [-0.39, 0.29) is 0 Å². The van der Waals surface area contributed by atoms with Crippen molar-refractivity contribution in [3.63, 3.8) is 0 Å². The van der Waals surface area contributed by atoms with Crippen LogP contribution in [0.2, 0.25) is 0 Å². The first-order valence-electron chi connectivity index (χ1n) is 6.13. The number of unbranched alkanes of at least 4 members (excludes halogenated alkanes) is 2. The lowest BCUT2D eigenvalue weighted by Crippen LogP contribution is -2.08. The maximum absolute atomic E-state index is 10.9. The minimum atomic E-state index is -0.610. The number of esters is 2. The van der Waals surface area contributed by atoms with E-state index in [0.29, 0.717) is 6.42 Å². The Morgan fingerprint density at radius 3 is 2.53 bits per heavy atom. The summed E-state index contributed by atoms with van der Waals surface area (Å²) >= 11 is 0. The first-order valence-corrected chi connectivity index (χ1v) is 6.13. The van der Waals surface area contributed by atoms with Crippen LogP contribution in [0.1, 0.15) is 32.6 Å². The number of hydrogen-bond donors (Lipinski definition) is 0. The molecule has 5 nitrogen and oxygen atoms in total. The second-order valence-electron chi connectivity index (χ2n) is 3.71. The van der Waals surface area contributed by atoms with Gasteiger partial charge in [0.2, 0.25) is 0 Å². The highest BCUT2D eigenvalue weighted by molar-refractivity contribution is 5.88. The third kappa shape index (κ3) is 9.72. The fourth-order valence-electron chi connectivity index (χ4n) is 1.20. The van der Waals surface area contributed by atoms with Crippen LogP contribution in [-0.2, 0) is 23.8 Å². The van der Waals surface area contributed by atoms with Gasteiger partial charge in [-0.15, -0.1) is 0 Å². The van der Waals surface area contributed by atoms with Gasteiger partial charge < -0.3 is 14.2 Å². The molecule has 19 heavy (non-hydrogen) atoms. The molecule has 0 bridgehead atoms. The minimum Gasteiger partial charge on any atom is -0.485 e. The molecule has 5 heteroatoms. The fraction of sp³-hybridized carbons (Fsp3) is 0.571. The van der Waals surface area contributed by atoms with Crippen LogP contribution in [0, 0.1) is 11.8 Å². The zero-order chi connectivity index (χ0) is 14.5. The molecule has 0 aliphatic carbocycles. The number of hydrogen-bond acceptors (Lipinski definition) is 5. The first-order chi connectivity index (χ1) is 9.13. The molecule has 0 N–H and O–H groups in total. The summed E-state index contributed by atoms with van der Waals surface area (Å²) in [6, 6.07) is 0. The van der Waals surface area contributed by atoms with E-state index in [2.05, 4.69) is 28.2 Å². The molecule has 0 spiro atoms. The highest BCUT2D eigenvalue weighted by atomic mass is 16.5. The van der Waals surface area contributed by atoms with Gasteiger partial charge in [-0.05, 0) is 18.8 Å². The summed E-state index contributed by atoms with van der Waals surface area (Å²) in [5.41, 5.74) is 0. The highest BCUT2D eigenvalue weighted by Crippen LogP contribution is 2.06. The Morgan fingerprint density at radius 1 is 1.21 bits per heavy atom. The van der Waals surface area contributed by atoms with Crippen molar-refractivity contribution in [2.45, 2.75) is 38.7 Å². The summed E-state index contributed by atoms with van der Waals surface area (Å²) in [7, 11) is 2.55. The highest BCUT2D eigenvalue weighted by Gasteiger charge is 2.05. The van der Waals surface area contributed by atoms with E-state index in [1.165, 1.54) is 20.5 Å². The van der Waals surface area contributed by atoms with Crippen LogP contribution in [0.5, 0.6) is 0 Å². The van der Waals surface area contributed by atoms with Gasteiger partial charge in [-0.1, -0.05) is 19.8 Å². The third-order valence-electron chi connectivity index (χ3n) is 2.24. The van der Waals surface area contributed by atoms with Crippen LogP contribution in [0.15, 0.2) is 12.3 Å². The number of methoxy groups -OCH3 is 2. The quantitative estimate of drug-likeness (QED) is 0.176. The summed E-state index contributed by atoms with van der Waals surface area (Å²) in [6.45, 7) is 2.09. The third-order valence-corrected chi connectivity index (χ3v) is 2.24. The van der Waals surface area contributed by atoms with Crippen molar-refractivity contribution in [1.29, 1.82) is 0 Å². The monoisotopic (exact) mass is 268 g/mol. The molecule has 0 aromatic rings. The van der Waals surface area contributed by atoms with E-state index in [0.717, 1.165) is 25.3 Å². The lowest BCUT2D eigenvalue weighted by Gasteiger charge is -2.09. The van der Waals surface area contributed by atoms with Gasteiger partial charge in [-0.25, -0.2) is 9.59 Å². The van der Waals surface area contributed by atoms with Crippen LogP contribution < -0.4 is 0 Å². The summed E-state index contributed by atoms with van der Waals surface area (Å²) in [5, 5.41) is 0. The Morgan fingerprint density at radius 2 is 1.95 bits per heavy atom. The van der Waals surface area contributed by atoms with Crippen molar-refractivity contribution in [2.75, 3.05) is 14.2 Å². The van der Waals surface area contributed by atoms with Crippen LogP contribution in [0.25, 0.3) is 0 Å². The Hall–Kier alpha value is -1.96. The predicted molar refractivity (Wildman–Crippen MR) is 70.0 cm³/mol. The molecule has 0 heterocycles. The number of carbonyl (C=O) groups is 2. The van der Waals surface area contributed by atoms with Gasteiger partial charge in [-0.3, -0.25) is 0 Å². The molecular formula is C14H20O5. The Bertz CT molecular complexity index is 362. The standard InChI is InChI=1S/C14H20O5/c1-4-5-6-7-12(8-9-13(15)17-2)19-11-10-14(16)18-3/h10-12H,4-7H2,1-3H3/b11-10+. The van der Waals surface area contributed by atoms with Crippen LogP contribution >= 0.6 is 0 Å². The lowest BCUT2D eigenvalue weighted by molar-refractivity contribution is -0.135. The molecule has 0 saturated carbocycles. The van der Waals surface area contributed by atoms with Gasteiger partial charge in [0.1, 0.15) is 0 Å². The van der Waals surface area contributed by atoms with Gasteiger partial charge in [0.15, 0.2) is 6.10 Å². The van der Waals surface area contributed by atoms with E-state index in [9.17, 15) is 9.59 Å². The van der Waals surface area contributed by atoms with Crippen molar-refractivity contribution in [3.05, 3.63) is 12.3 Å². The Balaban J connectivity index is 4.39. The van der Waals surface area contributed by atoms with Gasteiger partial charge in [0.05, 0.1) is 26.6 Å². The zero-order valence-electron chi connectivity index (χ0n) is 11.6. The molecule has 106 valence electrons. The van der Waals surface area contributed by atoms with Gasteiger partial charge in [0.25, 0.3) is 0 Å². The molecule has 0 aliphatic heterocycles. The smallest absolute Gasteiger partial charge is 0.384 e. The van der Waals surface area contributed by atoms with Crippen molar-refractivity contribution >= 4 is 11.9 Å². The topological polar surface area (TPSA) is 61.8 Å². The Labute approximate surface area is 113 Å². The van der Waals surface area contributed by atoms with Crippen LogP contribution in [0.4, 0.5) is 0 Å². The summed E-state index contributed by atoms with van der Waals surface area (Å²) < 4.78 is 14.1.